The number of rotatable bonds is 2. The Morgan fingerprint density at radius 3 is 2.68 bits per heavy atom. The lowest BCUT2D eigenvalue weighted by molar-refractivity contribution is 0.0669. The summed E-state index contributed by atoms with van der Waals surface area (Å²) < 4.78 is 27.8. The van der Waals surface area contributed by atoms with E-state index in [-0.39, 0.29) is 27.3 Å². The molecule has 2 bridgehead atoms. The number of hydrogen-bond donors (Lipinski definition) is 1. The Morgan fingerprint density at radius 1 is 1.47 bits per heavy atom. The molecule has 1 amide bonds. The number of furan rings is 1. The topological polar surface area (TPSA) is 93.6 Å². The summed E-state index contributed by atoms with van der Waals surface area (Å²) in [5, 5.41) is 5.04. The molecule has 104 valence electrons. The molecule has 19 heavy (non-hydrogen) atoms. The molecule has 2 aliphatic rings. The fourth-order valence-corrected chi connectivity index (χ4v) is 4.47. The van der Waals surface area contributed by atoms with E-state index in [1.54, 1.807) is 4.90 Å². The summed E-state index contributed by atoms with van der Waals surface area (Å²) in [7, 11) is -3.89. The monoisotopic (exact) mass is 348 g/mol. The minimum Gasteiger partial charge on any atom is -0.443 e. The fourth-order valence-electron chi connectivity index (χ4n) is 2.97. The molecule has 0 aromatic carbocycles. The third kappa shape index (κ3) is 2.21. The number of primary sulfonamides is 1. The van der Waals surface area contributed by atoms with Crippen LogP contribution in [0, 0.1) is 5.92 Å². The number of halogens is 1. The first-order chi connectivity index (χ1) is 8.86. The molecule has 6 nitrogen and oxygen atoms in total. The van der Waals surface area contributed by atoms with Gasteiger partial charge in [0.15, 0.2) is 10.4 Å². The van der Waals surface area contributed by atoms with Gasteiger partial charge in [-0.05, 0) is 41.1 Å². The average Bonchev–Trinajstić information content (AvgIpc) is 3.00. The molecular formula is C11H13BrN2O4S. The molecule has 0 radical (unpaired) electrons. The van der Waals surface area contributed by atoms with E-state index in [4.69, 9.17) is 9.56 Å². The van der Waals surface area contributed by atoms with Crippen LogP contribution in [0.2, 0.25) is 0 Å². The number of likely N-dealkylation sites (tertiary alicyclic amines) is 1. The van der Waals surface area contributed by atoms with Crippen molar-refractivity contribution in [2.75, 3.05) is 6.54 Å². The van der Waals surface area contributed by atoms with Gasteiger partial charge in [-0.1, -0.05) is 0 Å². The molecule has 1 aromatic heterocycles. The van der Waals surface area contributed by atoms with Crippen molar-refractivity contribution in [3.05, 3.63) is 16.5 Å². The van der Waals surface area contributed by atoms with Gasteiger partial charge >= 0.3 is 0 Å². The highest BCUT2D eigenvalue weighted by Crippen LogP contribution is 2.38. The van der Waals surface area contributed by atoms with Gasteiger partial charge in [0.1, 0.15) is 4.90 Å². The molecular weight excluding hydrogens is 336 g/mol. The molecule has 2 heterocycles. The Kier molecular flexibility index (Phi) is 2.99. The summed E-state index contributed by atoms with van der Waals surface area (Å²) >= 11 is 2.97. The maximum absolute atomic E-state index is 12.3. The normalized spacial score (nSPS) is 26.1. The van der Waals surface area contributed by atoms with Crippen molar-refractivity contribution in [3.63, 3.8) is 0 Å². The van der Waals surface area contributed by atoms with E-state index in [2.05, 4.69) is 15.9 Å². The van der Waals surface area contributed by atoms with Crippen LogP contribution >= 0.6 is 15.9 Å². The van der Waals surface area contributed by atoms with E-state index in [1.165, 1.54) is 12.5 Å². The highest BCUT2D eigenvalue weighted by atomic mass is 79.9. The third-order valence-corrected chi connectivity index (χ3v) is 5.61. The van der Waals surface area contributed by atoms with Gasteiger partial charge in [0.2, 0.25) is 10.0 Å². The Labute approximate surface area is 119 Å². The lowest BCUT2D eigenvalue weighted by Gasteiger charge is -2.25. The highest BCUT2D eigenvalue weighted by Gasteiger charge is 2.41. The predicted octanol–water partition coefficient (Wildman–Crippen LogP) is 1.31. The Bertz CT molecular complexity index is 639. The average molecular weight is 349 g/mol. The van der Waals surface area contributed by atoms with Crippen molar-refractivity contribution in [2.24, 2.45) is 11.1 Å². The van der Waals surface area contributed by atoms with Crippen LogP contribution in [0.15, 0.2) is 20.0 Å². The summed E-state index contributed by atoms with van der Waals surface area (Å²) in [6.45, 7) is 0.729. The van der Waals surface area contributed by atoms with Crippen molar-refractivity contribution in [1.29, 1.82) is 0 Å². The van der Waals surface area contributed by atoms with E-state index < -0.39 is 10.0 Å². The molecule has 1 saturated carbocycles. The smallest absolute Gasteiger partial charge is 0.289 e. The molecule has 2 unspecified atom stereocenters. The number of piperidine rings is 1. The summed E-state index contributed by atoms with van der Waals surface area (Å²) in [6, 6.07) is 1.45. The Morgan fingerprint density at radius 2 is 2.21 bits per heavy atom. The van der Waals surface area contributed by atoms with Crippen molar-refractivity contribution in [1.82, 2.24) is 4.90 Å². The van der Waals surface area contributed by atoms with Gasteiger partial charge < -0.3 is 9.32 Å². The van der Waals surface area contributed by atoms with Crippen molar-refractivity contribution < 1.29 is 17.6 Å². The number of nitrogens with two attached hydrogens (primary N) is 1. The quantitative estimate of drug-likeness (QED) is 0.871. The predicted molar refractivity (Wildman–Crippen MR) is 69.9 cm³/mol. The zero-order valence-electron chi connectivity index (χ0n) is 10.0. The lowest BCUT2D eigenvalue weighted by atomic mass is 10.1. The van der Waals surface area contributed by atoms with Crippen LogP contribution in [0.3, 0.4) is 0 Å². The van der Waals surface area contributed by atoms with E-state index in [9.17, 15) is 13.2 Å². The fraction of sp³-hybridized carbons (Fsp3) is 0.545. The molecule has 1 aliphatic heterocycles. The number of nitrogens with zero attached hydrogens (tertiary/aromatic N) is 1. The number of carbonyl (C=O) groups is 1. The van der Waals surface area contributed by atoms with E-state index in [1.807, 2.05) is 0 Å². The van der Waals surface area contributed by atoms with E-state index in [0.29, 0.717) is 5.92 Å². The van der Waals surface area contributed by atoms with Crippen LogP contribution in [0.5, 0.6) is 0 Å². The second kappa shape index (κ2) is 4.32. The minimum atomic E-state index is -3.89. The van der Waals surface area contributed by atoms with Gasteiger partial charge in [-0.2, -0.15) is 0 Å². The molecule has 1 aliphatic carbocycles. The number of carbonyl (C=O) groups excluding carboxylic acids is 1. The first kappa shape index (κ1) is 13.1. The van der Waals surface area contributed by atoms with Crippen molar-refractivity contribution >= 4 is 31.9 Å². The standard InChI is InChI=1S/C11H13BrN2O4S/c12-10-9(19(13,16)17)4-8(18-10)11(15)14-5-6-1-2-7(14)3-6/h4,6-7H,1-3,5H2,(H2,13,16,17). The summed E-state index contributed by atoms with van der Waals surface area (Å²) in [5.74, 6) is 0.330. The zero-order valence-corrected chi connectivity index (χ0v) is 12.4. The number of amides is 1. The lowest BCUT2D eigenvalue weighted by Crippen LogP contribution is -2.37. The first-order valence-corrected chi connectivity index (χ1v) is 8.33. The van der Waals surface area contributed by atoms with Gasteiger partial charge in [0.05, 0.1) is 0 Å². The van der Waals surface area contributed by atoms with Crippen LogP contribution < -0.4 is 5.14 Å². The number of hydrogen-bond acceptors (Lipinski definition) is 4. The molecule has 1 aromatic rings. The van der Waals surface area contributed by atoms with Crippen molar-refractivity contribution in [2.45, 2.75) is 30.2 Å². The number of sulfonamides is 1. The van der Waals surface area contributed by atoms with Crippen LogP contribution in [-0.4, -0.2) is 31.8 Å². The SMILES string of the molecule is NS(=O)(=O)c1cc(C(=O)N2CC3CCC2C3)oc1Br. The molecule has 8 heteroatoms. The molecule has 2 atom stereocenters. The molecule has 2 fully saturated rings. The van der Waals surface area contributed by atoms with Crippen LogP contribution in [0.1, 0.15) is 29.8 Å². The van der Waals surface area contributed by atoms with Crippen LogP contribution in [-0.2, 0) is 10.0 Å². The summed E-state index contributed by atoms with van der Waals surface area (Å²) in [5.41, 5.74) is 0. The molecule has 0 spiro atoms. The zero-order chi connectivity index (χ0) is 13.8. The van der Waals surface area contributed by atoms with E-state index in [0.717, 1.165) is 19.4 Å². The van der Waals surface area contributed by atoms with Gasteiger partial charge in [0.25, 0.3) is 5.91 Å². The molecule has 3 rings (SSSR count). The Hall–Kier alpha value is -0.860. The van der Waals surface area contributed by atoms with E-state index >= 15 is 0 Å². The molecule has 1 saturated heterocycles. The van der Waals surface area contributed by atoms with Gasteiger partial charge in [-0.25, -0.2) is 13.6 Å². The molecule has 2 N–H and O–H groups in total. The van der Waals surface area contributed by atoms with Gasteiger partial charge in [0, 0.05) is 18.7 Å². The van der Waals surface area contributed by atoms with Crippen LogP contribution in [0.4, 0.5) is 0 Å². The second-order valence-corrected chi connectivity index (χ2v) is 7.33. The number of fused-ring (bicyclic) bond motifs is 2. The maximum Gasteiger partial charge on any atom is 0.289 e. The maximum atomic E-state index is 12.3. The van der Waals surface area contributed by atoms with Gasteiger partial charge in [-0.15, -0.1) is 0 Å². The summed E-state index contributed by atoms with van der Waals surface area (Å²) in [4.78, 5) is 13.9. The first-order valence-electron chi connectivity index (χ1n) is 5.99. The minimum absolute atomic E-state index is 0.0171. The van der Waals surface area contributed by atoms with Gasteiger partial charge in [-0.3, -0.25) is 4.79 Å². The van der Waals surface area contributed by atoms with Crippen LogP contribution in [0.25, 0.3) is 0 Å². The highest BCUT2D eigenvalue weighted by molar-refractivity contribution is 9.10. The summed E-state index contributed by atoms with van der Waals surface area (Å²) in [6.07, 6.45) is 3.22. The third-order valence-electron chi connectivity index (χ3n) is 3.84. The Balaban J connectivity index is 1.89. The van der Waals surface area contributed by atoms with Crippen molar-refractivity contribution in [3.8, 4) is 0 Å². The second-order valence-electron chi connectivity index (χ2n) is 5.08. The largest absolute Gasteiger partial charge is 0.443 e.